The second-order valence-electron chi connectivity index (χ2n) is 4.64. The highest BCUT2D eigenvalue weighted by Gasteiger charge is 2.06. The minimum atomic E-state index is -0.122. The molecular formula is C16H17N3O. The lowest BCUT2D eigenvalue weighted by Gasteiger charge is -2.08. The number of amides is 1. The van der Waals surface area contributed by atoms with Crippen LogP contribution in [0.4, 0.5) is 17.1 Å². The van der Waals surface area contributed by atoms with Gasteiger partial charge in [0, 0.05) is 6.92 Å². The first-order valence-electron chi connectivity index (χ1n) is 6.42. The van der Waals surface area contributed by atoms with Crippen LogP contribution in [0.5, 0.6) is 0 Å². The van der Waals surface area contributed by atoms with Crippen LogP contribution >= 0.6 is 0 Å². The van der Waals surface area contributed by atoms with Crippen molar-refractivity contribution in [3.63, 3.8) is 0 Å². The molecule has 0 aromatic heterocycles. The van der Waals surface area contributed by atoms with Crippen LogP contribution in [0.1, 0.15) is 18.1 Å². The molecule has 0 heterocycles. The molecule has 1 amide bonds. The van der Waals surface area contributed by atoms with E-state index in [-0.39, 0.29) is 5.91 Å². The third kappa shape index (κ3) is 3.29. The standard InChI is InChI=1S/C16H17N3O/c1-11-7-4-5-9-14(11)18-19-16-12(2)8-6-10-15(16)17-13(3)20/h4-10H,1-3H3,(H,17,20). The smallest absolute Gasteiger partial charge is 0.221 e. The molecule has 0 unspecified atom stereocenters. The zero-order valence-electron chi connectivity index (χ0n) is 11.8. The molecule has 0 aliphatic carbocycles. The van der Waals surface area contributed by atoms with Crippen molar-refractivity contribution in [1.82, 2.24) is 0 Å². The number of rotatable bonds is 3. The lowest BCUT2D eigenvalue weighted by Crippen LogP contribution is -2.06. The first-order chi connectivity index (χ1) is 9.58. The van der Waals surface area contributed by atoms with Crippen LogP contribution in [0.25, 0.3) is 0 Å². The molecule has 0 bridgehead atoms. The second kappa shape index (κ2) is 6.10. The average Bonchev–Trinajstić information content (AvgIpc) is 2.39. The number of anilines is 1. The van der Waals surface area contributed by atoms with E-state index in [9.17, 15) is 4.79 Å². The largest absolute Gasteiger partial charge is 0.324 e. The van der Waals surface area contributed by atoms with Gasteiger partial charge in [0.2, 0.25) is 5.91 Å². The summed E-state index contributed by atoms with van der Waals surface area (Å²) in [6.45, 7) is 5.41. The molecule has 102 valence electrons. The second-order valence-corrected chi connectivity index (χ2v) is 4.64. The van der Waals surface area contributed by atoms with Gasteiger partial charge in [0.05, 0.1) is 11.4 Å². The molecule has 2 aromatic rings. The van der Waals surface area contributed by atoms with E-state index in [0.717, 1.165) is 16.8 Å². The van der Waals surface area contributed by atoms with Gasteiger partial charge in [-0.1, -0.05) is 30.3 Å². The summed E-state index contributed by atoms with van der Waals surface area (Å²) in [7, 11) is 0. The fourth-order valence-corrected chi connectivity index (χ4v) is 1.86. The fraction of sp³-hybridized carbons (Fsp3) is 0.188. The summed E-state index contributed by atoms with van der Waals surface area (Å²) in [5.74, 6) is -0.122. The Morgan fingerprint density at radius 3 is 2.35 bits per heavy atom. The Kier molecular flexibility index (Phi) is 4.25. The van der Waals surface area contributed by atoms with Gasteiger partial charge in [-0.15, -0.1) is 5.11 Å². The Bertz CT molecular complexity index is 663. The van der Waals surface area contributed by atoms with E-state index in [0.29, 0.717) is 11.4 Å². The summed E-state index contributed by atoms with van der Waals surface area (Å²) in [6.07, 6.45) is 0. The molecule has 0 aliphatic rings. The zero-order valence-corrected chi connectivity index (χ0v) is 11.8. The predicted octanol–water partition coefficient (Wildman–Crippen LogP) is 4.68. The molecule has 0 saturated heterocycles. The Morgan fingerprint density at radius 1 is 0.950 bits per heavy atom. The van der Waals surface area contributed by atoms with Crippen molar-refractivity contribution in [3.8, 4) is 0 Å². The number of azo groups is 1. The quantitative estimate of drug-likeness (QED) is 0.807. The van der Waals surface area contributed by atoms with Crippen molar-refractivity contribution >= 4 is 23.0 Å². The molecule has 0 atom stereocenters. The van der Waals surface area contributed by atoms with E-state index in [1.54, 1.807) is 0 Å². The number of benzene rings is 2. The maximum atomic E-state index is 11.2. The summed E-state index contributed by atoms with van der Waals surface area (Å²) in [5.41, 5.74) is 4.21. The van der Waals surface area contributed by atoms with Gasteiger partial charge in [-0.05, 0) is 37.1 Å². The van der Waals surface area contributed by atoms with Crippen LogP contribution in [-0.4, -0.2) is 5.91 Å². The topological polar surface area (TPSA) is 53.8 Å². The lowest BCUT2D eigenvalue weighted by atomic mass is 10.1. The SMILES string of the molecule is CC(=O)Nc1cccc(C)c1N=Nc1ccccc1C. The fourth-order valence-electron chi connectivity index (χ4n) is 1.86. The van der Waals surface area contributed by atoms with Gasteiger partial charge in [-0.25, -0.2) is 0 Å². The van der Waals surface area contributed by atoms with Crippen molar-refractivity contribution in [1.29, 1.82) is 0 Å². The van der Waals surface area contributed by atoms with Crippen molar-refractivity contribution in [3.05, 3.63) is 53.6 Å². The van der Waals surface area contributed by atoms with Crippen LogP contribution in [0.3, 0.4) is 0 Å². The molecule has 4 nitrogen and oxygen atoms in total. The van der Waals surface area contributed by atoms with E-state index < -0.39 is 0 Å². The normalized spacial score (nSPS) is 10.8. The Labute approximate surface area is 118 Å². The van der Waals surface area contributed by atoms with Gasteiger partial charge >= 0.3 is 0 Å². The van der Waals surface area contributed by atoms with E-state index in [1.807, 2.05) is 56.3 Å². The van der Waals surface area contributed by atoms with Crippen LogP contribution in [-0.2, 0) is 4.79 Å². The van der Waals surface area contributed by atoms with Crippen molar-refractivity contribution in [2.45, 2.75) is 20.8 Å². The third-order valence-corrected chi connectivity index (χ3v) is 2.92. The molecule has 0 saturated carbocycles. The molecule has 0 radical (unpaired) electrons. The van der Waals surface area contributed by atoms with Gasteiger partial charge in [-0.3, -0.25) is 4.79 Å². The van der Waals surface area contributed by atoms with Gasteiger partial charge in [-0.2, -0.15) is 5.11 Å². The molecule has 0 aliphatic heterocycles. The zero-order chi connectivity index (χ0) is 14.5. The lowest BCUT2D eigenvalue weighted by molar-refractivity contribution is -0.114. The van der Waals surface area contributed by atoms with Gasteiger partial charge in [0.1, 0.15) is 5.69 Å². The van der Waals surface area contributed by atoms with Crippen LogP contribution in [0, 0.1) is 13.8 Å². The number of hydrogen-bond donors (Lipinski definition) is 1. The molecule has 1 N–H and O–H groups in total. The molecule has 2 rings (SSSR count). The predicted molar refractivity (Wildman–Crippen MR) is 80.8 cm³/mol. The summed E-state index contributed by atoms with van der Waals surface area (Å²) < 4.78 is 0. The molecule has 0 spiro atoms. The van der Waals surface area contributed by atoms with Gasteiger partial charge in [0.25, 0.3) is 0 Å². The highest BCUT2D eigenvalue weighted by Crippen LogP contribution is 2.31. The first-order valence-corrected chi connectivity index (χ1v) is 6.42. The van der Waals surface area contributed by atoms with Crippen LogP contribution < -0.4 is 5.32 Å². The van der Waals surface area contributed by atoms with Gasteiger partial charge in [0.15, 0.2) is 0 Å². The molecule has 20 heavy (non-hydrogen) atoms. The number of carbonyl (C=O) groups excluding carboxylic acids is 1. The average molecular weight is 267 g/mol. The minimum Gasteiger partial charge on any atom is -0.324 e. The number of nitrogens with zero attached hydrogens (tertiary/aromatic N) is 2. The highest BCUT2D eigenvalue weighted by molar-refractivity contribution is 5.92. The number of hydrogen-bond acceptors (Lipinski definition) is 3. The van der Waals surface area contributed by atoms with E-state index in [4.69, 9.17) is 0 Å². The summed E-state index contributed by atoms with van der Waals surface area (Å²) >= 11 is 0. The maximum Gasteiger partial charge on any atom is 0.221 e. The number of nitrogens with one attached hydrogen (secondary N) is 1. The van der Waals surface area contributed by atoms with Crippen molar-refractivity contribution in [2.75, 3.05) is 5.32 Å². The number of aryl methyl sites for hydroxylation is 2. The monoisotopic (exact) mass is 267 g/mol. The molecule has 0 fully saturated rings. The first kappa shape index (κ1) is 13.9. The molecule has 2 aromatic carbocycles. The van der Waals surface area contributed by atoms with Crippen molar-refractivity contribution < 1.29 is 4.79 Å². The van der Waals surface area contributed by atoms with E-state index >= 15 is 0 Å². The van der Waals surface area contributed by atoms with Crippen LogP contribution in [0.15, 0.2) is 52.7 Å². The van der Waals surface area contributed by atoms with E-state index in [2.05, 4.69) is 15.5 Å². The summed E-state index contributed by atoms with van der Waals surface area (Å²) in [6, 6.07) is 13.4. The van der Waals surface area contributed by atoms with Crippen molar-refractivity contribution in [2.24, 2.45) is 10.2 Å². The van der Waals surface area contributed by atoms with Crippen LogP contribution in [0.2, 0.25) is 0 Å². The number of carbonyl (C=O) groups is 1. The minimum absolute atomic E-state index is 0.122. The third-order valence-electron chi connectivity index (χ3n) is 2.92. The molecule has 4 heteroatoms. The molecular weight excluding hydrogens is 250 g/mol. The van der Waals surface area contributed by atoms with Gasteiger partial charge < -0.3 is 5.32 Å². The summed E-state index contributed by atoms with van der Waals surface area (Å²) in [4.78, 5) is 11.2. The summed E-state index contributed by atoms with van der Waals surface area (Å²) in [5, 5.41) is 11.4. The highest BCUT2D eigenvalue weighted by atomic mass is 16.1. The maximum absolute atomic E-state index is 11.2. The van der Waals surface area contributed by atoms with E-state index in [1.165, 1.54) is 6.92 Å². The Morgan fingerprint density at radius 2 is 1.65 bits per heavy atom. The Hall–Kier alpha value is -2.49. The Balaban J connectivity index is 2.38.